The van der Waals surface area contributed by atoms with Gasteiger partial charge in [0.05, 0.1) is 11.4 Å². The van der Waals surface area contributed by atoms with E-state index >= 15 is 0 Å². The van der Waals surface area contributed by atoms with E-state index in [0.29, 0.717) is 17.9 Å². The third-order valence-electron chi connectivity index (χ3n) is 2.30. The normalized spacial score (nSPS) is 11.7. The Hall–Kier alpha value is -1.14. The number of aromatic nitrogens is 2. The number of rotatable bonds is 5. The van der Waals surface area contributed by atoms with E-state index in [0.717, 1.165) is 0 Å². The zero-order valence-corrected chi connectivity index (χ0v) is 10.6. The first-order chi connectivity index (χ1) is 7.44. The zero-order chi connectivity index (χ0) is 12.3. The van der Waals surface area contributed by atoms with Crippen LogP contribution in [-0.2, 0) is 16.6 Å². The lowest BCUT2D eigenvalue weighted by atomic mass is 10.4. The molecule has 6 heteroatoms. The molecule has 0 saturated heterocycles. The van der Waals surface area contributed by atoms with Crippen LogP contribution >= 0.6 is 0 Å². The molecule has 0 bridgehead atoms. The molecular weight excluding hydrogens is 226 g/mol. The number of hydrogen-bond donors (Lipinski definition) is 1. The van der Waals surface area contributed by atoms with Gasteiger partial charge < -0.3 is 0 Å². The summed E-state index contributed by atoms with van der Waals surface area (Å²) in [6.07, 6.45) is 1.51. The molecule has 0 fully saturated rings. The molecule has 16 heavy (non-hydrogen) atoms. The van der Waals surface area contributed by atoms with Gasteiger partial charge in [-0.2, -0.15) is 5.10 Å². The molecule has 1 N–H and O–H groups in total. The molecule has 0 amide bonds. The van der Waals surface area contributed by atoms with E-state index in [1.54, 1.807) is 18.5 Å². The van der Waals surface area contributed by atoms with E-state index < -0.39 is 10.0 Å². The van der Waals surface area contributed by atoms with Gasteiger partial charge in [-0.25, -0.2) is 13.1 Å². The summed E-state index contributed by atoms with van der Waals surface area (Å²) in [5.74, 6) is 0. The highest BCUT2D eigenvalue weighted by Gasteiger charge is 2.23. The van der Waals surface area contributed by atoms with Crippen molar-refractivity contribution in [2.75, 3.05) is 6.54 Å². The van der Waals surface area contributed by atoms with Crippen LogP contribution in [0.4, 0.5) is 0 Å². The summed E-state index contributed by atoms with van der Waals surface area (Å²) in [5.41, 5.74) is 1.19. The van der Waals surface area contributed by atoms with Gasteiger partial charge in [0.15, 0.2) is 0 Å². The second-order valence-corrected chi connectivity index (χ2v) is 5.16. The summed E-state index contributed by atoms with van der Waals surface area (Å²) in [7, 11) is -3.48. The van der Waals surface area contributed by atoms with Crippen LogP contribution in [0.3, 0.4) is 0 Å². The van der Waals surface area contributed by atoms with Crippen molar-refractivity contribution in [3.63, 3.8) is 0 Å². The third kappa shape index (κ3) is 2.33. The van der Waals surface area contributed by atoms with Crippen molar-refractivity contribution in [1.82, 2.24) is 14.5 Å². The van der Waals surface area contributed by atoms with Crippen LogP contribution in [0, 0.1) is 13.8 Å². The third-order valence-corrected chi connectivity index (χ3v) is 3.98. The molecule has 0 aliphatic rings. The summed E-state index contributed by atoms with van der Waals surface area (Å²) in [4.78, 5) is 0.274. The van der Waals surface area contributed by atoms with Crippen molar-refractivity contribution < 1.29 is 8.42 Å². The number of hydrogen-bond acceptors (Lipinski definition) is 3. The highest BCUT2D eigenvalue weighted by molar-refractivity contribution is 7.89. The molecule has 0 unspecified atom stereocenters. The molecule has 1 heterocycles. The van der Waals surface area contributed by atoms with Crippen molar-refractivity contribution in [3.05, 3.63) is 24.0 Å². The Balaban J connectivity index is 3.22. The lowest BCUT2D eigenvalue weighted by Gasteiger charge is -2.05. The molecule has 0 aromatic carbocycles. The van der Waals surface area contributed by atoms with Gasteiger partial charge in [0.1, 0.15) is 4.90 Å². The van der Waals surface area contributed by atoms with Crippen LogP contribution in [0.5, 0.6) is 0 Å². The fourth-order valence-corrected chi connectivity index (χ4v) is 3.02. The molecule has 1 aromatic rings. The van der Waals surface area contributed by atoms with E-state index in [9.17, 15) is 8.42 Å². The molecule has 0 aliphatic carbocycles. The highest BCUT2D eigenvalue weighted by Crippen LogP contribution is 2.18. The minimum atomic E-state index is -3.48. The van der Waals surface area contributed by atoms with Crippen molar-refractivity contribution in [2.24, 2.45) is 0 Å². The topological polar surface area (TPSA) is 64.0 Å². The van der Waals surface area contributed by atoms with E-state index in [4.69, 9.17) is 0 Å². The van der Waals surface area contributed by atoms with Gasteiger partial charge in [-0.15, -0.1) is 6.58 Å². The average Bonchev–Trinajstić information content (AvgIpc) is 2.51. The lowest BCUT2D eigenvalue weighted by molar-refractivity contribution is 0.583. The van der Waals surface area contributed by atoms with Crippen molar-refractivity contribution in [1.29, 1.82) is 0 Å². The Bertz CT molecular complexity index is 488. The van der Waals surface area contributed by atoms with Gasteiger partial charge in [0.25, 0.3) is 0 Å². The SMILES string of the molecule is C=CCNS(=O)(=O)c1c(C)nn(CC)c1C. The maximum atomic E-state index is 11.9. The Morgan fingerprint density at radius 1 is 1.50 bits per heavy atom. The van der Waals surface area contributed by atoms with Crippen molar-refractivity contribution in [3.8, 4) is 0 Å². The molecular formula is C10H17N3O2S. The fraction of sp³-hybridized carbons (Fsp3) is 0.500. The molecule has 1 rings (SSSR count). The van der Waals surface area contributed by atoms with Crippen molar-refractivity contribution >= 4 is 10.0 Å². The predicted molar refractivity (Wildman–Crippen MR) is 62.8 cm³/mol. The molecule has 5 nitrogen and oxygen atoms in total. The first-order valence-corrected chi connectivity index (χ1v) is 6.57. The maximum absolute atomic E-state index is 11.9. The van der Waals surface area contributed by atoms with Crippen LogP contribution in [0.25, 0.3) is 0 Å². The van der Waals surface area contributed by atoms with Crippen LogP contribution < -0.4 is 4.72 Å². The minimum Gasteiger partial charge on any atom is -0.268 e. The zero-order valence-electron chi connectivity index (χ0n) is 9.82. The fourth-order valence-electron chi connectivity index (χ4n) is 1.62. The first kappa shape index (κ1) is 12.9. The van der Waals surface area contributed by atoms with E-state index in [-0.39, 0.29) is 11.4 Å². The summed E-state index contributed by atoms with van der Waals surface area (Å²) in [5, 5.41) is 4.17. The lowest BCUT2D eigenvalue weighted by Crippen LogP contribution is -2.24. The summed E-state index contributed by atoms with van der Waals surface area (Å²) < 4.78 is 28.0. The predicted octanol–water partition coefficient (Wildman–Crippen LogP) is 0.984. The summed E-state index contributed by atoms with van der Waals surface area (Å²) in [6.45, 7) is 9.73. The molecule has 0 spiro atoms. The average molecular weight is 243 g/mol. The van der Waals surface area contributed by atoms with Gasteiger partial charge >= 0.3 is 0 Å². The number of nitrogens with zero attached hydrogens (tertiary/aromatic N) is 2. The standard InChI is InChI=1S/C10H17N3O2S/c1-5-7-11-16(14,15)10-8(3)12-13(6-2)9(10)4/h5,11H,1,6-7H2,2-4H3. The Morgan fingerprint density at radius 2 is 2.12 bits per heavy atom. The molecule has 1 aromatic heterocycles. The van der Waals surface area contributed by atoms with Gasteiger partial charge in [-0.1, -0.05) is 6.08 Å². The largest absolute Gasteiger partial charge is 0.268 e. The molecule has 0 aliphatic heterocycles. The first-order valence-electron chi connectivity index (χ1n) is 5.08. The van der Waals surface area contributed by atoms with E-state index in [1.165, 1.54) is 6.08 Å². The smallest absolute Gasteiger partial charge is 0.244 e. The minimum absolute atomic E-state index is 0.221. The van der Waals surface area contributed by atoms with Crippen molar-refractivity contribution in [2.45, 2.75) is 32.2 Å². The Labute approximate surface area is 96.2 Å². The van der Waals surface area contributed by atoms with Crippen LogP contribution in [0.1, 0.15) is 18.3 Å². The molecule has 0 saturated carbocycles. The summed E-state index contributed by atoms with van der Waals surface area (Å²) >= 11 is 0. The number of nitrogens with one attached hydrogen (secondary N) is 1. The maximum Gasteiger partial charge on any atom is 0.244 e. The Morgan fingerprint density at radius 3 is 2.56 bits per heavy atom. The van der Waals surface area contributed by atoms with E-state index in [1.807, 2.05) is 6.92 Å². The van der Waals surface area contributed by atoms with E-state index in [2.05, 4.69) is 16.4 Å². The quantitative estimate of drug-likeness (QED) is 0.784. The molecule has 90 valence electrons. The monoisotopic (exact) mass is 243 g/mol. The Kier molecular flexibility index (Phi) is 3.88. The van der Waals surface area contributed by atoms with Crippen LogP contribution in [0.2, 0.25) is 0 Å². The van der Waals surface area contributed by atoms with Crippen LogP contribution in [-0.4, -0.2) is 24.7 Å². The second-order valence-electron chi connectivity index (χ2n) is 3.46. The number of aryl methyl sites for hydroxylation is 2. The van der Waals surface area contributed by atoms with Gasteiger partial charge in [0.2, 0.25) is 10.0 Å². The number of sulfonamides is 1. The van der Waals surface area contributed by atoms with Gasteiger partial charge in [-0.05, 0) is 20.8 Å². The van der Waals surface area contributed by atoms with Gasteiger partial charge in [0, 0.05) is 13.1 Å². The van der Waals surface area contributed by atoms with Gasteiger partial charge in [-0.3, -0.25) is 4.68 Å². The highest BCUT2D eigenvalue weighted by atomic mass is 32.2. The van der Waals surface area contributed by atoms with Crippen LogP contribution in [0.15, 0.2) is 17.6 Å². The summed E-state index contributed by atoms with van der Waals surface area (Å²) in [6, 6.07) is 0. The molecule has 0 atom stereocenters. The molecule has 0 radical (unpaired) electrons. The second kappa shape index (κ2) is 4.80.